The summed E-state index contributed by atoms with van der Waals surface area (Å²) in [7, 11) is 0. The Hall–Kier alpha value is -1.13. The van der Waals surface area contributed by atoms with Crippen LogP contribution in [0.25, 0.3) is 0 Å². The lowest BCUT2D eigenvalue weighted by molar-refractivity contribution is -0.0814. The third-order valence-corrected chi connectivity index (χ3v) is 2.71. The van der Waals surface area contributed by atoms with E-state index in [9.17, 15) is 5.11 Å². The molecule has 1 saturated heterocycles. The monoisotopic (exact) mass is 237 g/mol. The van der Waals surface area contributed by atoms with Crippen LogP contribution in [0.1, 0.15) is 32.0 Å². The summed E-state index contributed by atoms with van der Waals surface area (Å²) in [5, 5.41) is 9.25. The first-order valence-corrected chi connectivity index (χ1v) is 5.86. The molecule has 94 valence electrons. The molecule has 1 aromatic rings. The van der Waals surface area contributed by atoms with E-state index in [0.29, 0.717) is 19.1 Å². The summed E-state index contributed by atoms with van der Waals surface area (Å²) in [5.41, 5.74) is 1.71. The van der Waals surface area contributed by atoms with Gasteiger partial charge in [-0.2, -0.15) is 0 Å². The number of hydrogen-bond donors (Lipinski definition) is 1. The molecule has 1 aromatic heterocycles. The molecule has 1 N–H and O–H groups in total. The van der Waals surface area contributed by atoms with Gasteiger partial charge in [0.15, 0.2) is 0 Å². The van der Waals surface area contributed by atoms with Crippen molar-refractivity contribution in [1.82, 2.24) is 4.98 Å². The van der Waals surface area contributed by atoms with Gasteiger partial charge in [0.1, 0.15) is 6.10 Å². The predicted octanol–water partition coefficient (Wildman–Crippen LogP) is 1.65. The van der Waals surface area contributed by atoms with Gasteiger partial charge in [-0.25, -0.2) is 4.98 Å². The van der Waals surface area contributed by atoms with E-state index < -0.39 is 0 Å². The summed E-state index contributed by atoms with van der Waals surface area (Å²) >= 11 is 0. The lowest BCUT2D eigenvalue weighted by Crippen LogP contribution is -2.38. The Morgan fingerprint density at radius 2 is 2.12 bits per heavy atom. The van der Waals surface area contributed by atoms with Crippen molar-refractivity contribution in [3.8, 4) is 5.88 Å². The van der Waals surface area contributed by atoms with Crippen molar-refractivity contribution in [2.75, 3.05) is 13.2 Å². The summed E-state index contributed by atoms with van der Waals surface area (Å²) in [4.78, 5) is 4.49. The van der Waals surface area contributed by atoms with Gasteiger partial charge in [-0.15, -0.1) is 0 Å². The van der Waals surface area contributed by atoms with Crippen LogP contribution in [0.15, 0.2) is 12.1 Å². The Morgan fingerprint density at radius 1 is 1.41 bits per heavy atom. The van der Waals surface area contributed by atoms with E-state index in [1.165, 1.54) is 0 Å². The zero-order valence-electron chi connectivity index (χ0n) is 10.6. The molecule has 4 heteroatoms. The molecule has 0 amide bonds. The highest BCUT2D eigenvalue weighted by atomic mass is 16.6. The Labute approximate surface area is 102 Å². The van der Waals surface area contributed by atoms with Crippen molar-refractivity contribution < 1.29 is 14.6 Å². The van der Waals surface area contributed by atoms with Crippen molar-refractivity contribution in [2.45, 2.75) is 38.9 Å². The number of aliphatic hydroxyl groups is 1. The second-order valence-corrected chi connectivity index (χ2v) is 5.38. The average Bonchev–Trinajstić information content (AvgIpc) is 2.22. The van der Waals surface area contributed by atoms with Crippen LogP contribution in [-0.2, 0) is 16.8 Å². The van der Waals surface area contributed by atoms with Crippen molar-refractivity contribution in [3.63, 3.8) is 0 Å². The van der Waals surface area contributed by atoms with Gasteiger partial charge < -0.3 is 14.6 Å². The maximum atomic E-state index is 9.25. The van der Waals surface area contributed by atoms with E-state index in [-0.39, 0.29) is 18.1 Å². The van der Waals surface area contributed by atoms with Crippen LogP contribution >= 0.6 is 0 Å². The minimum atomic E-state index is -0.0561. The van der Waals surface area contributed by atoms with Gasteiger partial charge in [-0.05, 0) is 11.6 Å². The smallest absolute Gasteiger partial charge is 0.214 e. The van der Waals surface area contributed by atoms with E-state index in [4.69, 9.17) is 9.47 Å². The minimum absolute atomic E-state index is 0.00310. The molecule has 0 aromatic carbocycles. The van der Waals surface area contributed by atoms with Gasteiger partial charge in [0.05, 0.1) is 25.5 Å². The molecule has 0 spiro atoms. The standard InChI is InChI=1S/C13H19NO3/c1-13(2,3)11-4-9(6-15)5-12(14-11)17-10-7-16-8-10/h4-5,10,15H,6-8H2,1-3H3. The maximum Gasteiger partial charge on any atom is 0.214 e. The van der Waals surface area contributed by atoms with E-state index >= 15 is 0 Å². The summed E-state index contributed by atoms with van der Waals surface area (Å²) < 4.78 is 10.7. The van der Waals surface area contributed by atoms with Crippen LogP contribution in [0.3, 0.4) is 0 Å². The van der Waals surface area contributed by atoms with E-state index in [2.05, 4.69) is 25.8 Å². The van der Waals surface area contributed by atoms with Crippen molar-refractivity contribution >= 4 is 0 Å². The number of rotatable bonds is 3. The van der Waals surface area contributed by atoms with E-state index in [0.717, 1.165) is 11.3 Å². The number of aromatic nitrogens is 1. The normalized spacial score (nSPS) is 16.7. The Balaban J connectivity index is 2.24. The Morgan fingerprint density at radius 3 is 2.59 bits per heavy atom. The van der Waals surface area contributed by atoms with Crippen molar-refractivity contribution in [1.29, 1.82) is 0 Å². The quantitative estimate of drug-likeness (QED) is 0.868. The molecule has 2 rings (SSSR count). The fourth-order valence-corrected chi connectivity index (χ4v) is 1.55. The molecule has 1 fully saturated rings. The van der Waals surface area contributed by atoms with Crippen LogP contribution < -0.4 is 4.74 Å². The third kappa shape index (κ3) is 2.96. The zero-order valence-corrected chi connectivity index (χ0v) is 10.6. The van der Waals surface area contributed by atoms with Crippen molar-refractivity contribution in [2.24, 2.45) is 0 Å². The molecule has 17 heavy (non-hydrogen) atoms. The summed E-state index contributed by atoms with van der Waals surface area (Å²) in [6.45, 7) is 7.51. The third-order valence-electron chi connectivity index (χ3n) is 2.71. The number of ether oxygens (including phenoxy) is 2. The maximum absolute atomic E-state index is 9.25. The fourth-order valence-electron chi connectivity index (χ4n) is 1.55. The molecule has 0 unspecified atom stereocenters. The topological polar surface area (TPSA) is 51.6 Å². The van der Waals surface area contributed by atoms with Gasteiger partial charge >= 0.3 is 0 Å². The second kappa shape index (κ2) is 4.63. The molecule has 0 bridgehead atoms. The second-order valence-electron chi connectivity index (χ2n) is 5.38. The van der Waals surface area contributed by atoms with E-state index in [1.807, 2.05) is 6.07 Å². The molecule has 0 atom stereocenters. The molecule has 0 saturated carbocycles. The lowest BCUT2D eigenvalue weighted by Gasteiger charge is -2.27. The highest BCUT2D eigenvalue weighted by Gasteiger charge is 2.22. The molecule has 0 aliphatic carbocycles. The van der Waals surface area contributed by atoms with Gasteiger partial charge in [0, 0.05) is 11.5 Å². The summed E-state index contributed by atoms with van der Waals surface area (Å²) in [6.07, 6.45) is 0.101. The Kier molecular flexibility index (Phi) is 3.35. The molecular weight excluding hydrogens is 218 g/mol. The summed E-state index contributed by atoms with van der Waals surface area (Å²) in [5.74, 6) is 0.578. The molecule has 4 nitrogen and oxygen atoms in total. The Bertz CT molecular complexity index is 394. The fraction of sp³-hybridized carbons (Fsp3) is 0.615. The molecule has 1 aliphatic rings. The zero-order chi connectivity index (χ0) is 12.5. The number of nitrogens with zero attached hydrogens (tertiary/aromatic N) is 1. The van der Waals surface area contributed by atoms with Crippen LogP contribution in [0.5, 0.6) is 5.88 Å². The van der Waals surface area contributed by atoms with Gasteiger partial charge in [0.2, 0.25) is 5.88 Å². The average molecular weight is 237 g/mol. The largest absolute Gasteiger partial charge is 0.469 e. The van der Waals surface area contributed by atoms with Crippen LogP contribution in [-0.4, -0.2) is 29.4 Å². The molecule has 1 aliphatic heterocycles. The predicted molar refractivity (Wildman–Crippen MR) is 64.1 cm³/mol. The highest BCUT2D eigenvalue weighted by molar-refractivity contribution is 5.28. The van der Waals surface area contributed by atoms with Crippen LogP contribution in [0.2, 0.25) is 0 Å². The first kappa shape index (κ1) is 12.3. The molecule has 2 heterocycles. The van der Waals surface area contributed by atoms with Gasteiger partial charge in [0.25, 0.3) is 0 Å². The number of pyridine rings is 1. The SMILES string of the molecule is CC(C)(C)c1cc(CO)cc(OC2COC2)n1. The minimum Gasteiger partial charge on any atom is -0.469 e. The van der Waals surface area contributed by atoms with Gasteiger partial charge in [-0.1, -0.05) is 20.8 Å². The lowest BCUT2D eigenvalue weighted by atomic mass is 9.91. The first-order chi connectivity index (χ1) is 7.99. The number of hydrogen-bond acceptors (Lipinski definition) is 4. The molecular formula is C13H19NO3. The van der Waals surface area contributed by atoms with Crippen molar-refractivity contribution in [3.05, 3.63) is 23.4 Å². The first-order valence-electron chi connectivity index (χ1n) is 5.86. The number of aliphatic hydroxyl groups excluding tert-OH is 1. The van der Waals surface area contributed by atoms with E-state index in [1.54, 1.807) is 6.07 Å². The molecule has 0 radical (unpaired) electrons. The van der Waals surface area contributed by atoms with Crippen LogP contribution in [0, 0.1) is 0 Å². The summed E-state index contributed by atoms with van der Waals surface area (Å²) in [6, 6.07) is 3.71. The van der Waals surface area contributed by atoms with Crippen LogP contribution in [0.4, 0.5) is 0 Å². The highest BCUT2D eigenvalue weighted by Crippen LogP contribution is 2.25. The van der Waals surface area contributed by atoms with Gasteiger partial charge in [-0.3, -0.25) is 0 Å².